The van der Waals surface area contributed by atoms with Crippen molar-refractivity contribution in [2.45, 2.75) is 52.1 Å². The second kappa shape index (κ2) is 8.08. The summed E-state index contributed by atoms with van der Waals surface area (Å²) in [6.45, 7) is 8.31. The lowest BCUT2D eigenvalue weighted by atomic mass is 10.2. The fourth-order valence-corrected chi connectivity index (χ4v) is 1.22. The molecule has 0 heterocycles. The van der Waals surface area contributed by atoms with Crippen LogP contribution in [0.1, 0.15) is 46.5 Å². The highest BCUT2D eigenvalue weighted by Crippen LogP contribution is 2.07. The Morgan fingerprint density at radius 2 is 1.67 bits per heavy atom. The van der Waals surface area contributed by atoms with Gasteiger partial charge in [0.25, 0.3) is 0 Å². The molecule has 0 aliphatic heterocycles. The minimum atomic E-state index is -0.0504. The lowest BCUT2D eigenvalue weighted by Crippen LogP contribution is -2.30. The summed E-state index contributed by atoms with van der Waals surface area (Å²) in [4.78, 5) is 2.20. The van der Waals surface area contributed by atoms with Gasteiger partial charge in [0.2, 0.25) is 0 Å². The van der Waals surface area contributed by atoms with Gasteiger partial charge >= 0.3 is 0 Å². The topological polar surface area (TPSA) is 32.7 Å². The zero-order chi connectivity index (χ0) is 11.7. The van der Waals surface area contributed by atoms with E-state index < -0.39 is 0 Å². The van der Waals surface area contributed by atoms with E-state index in [1.54, 1.807) is 0 Å². The molecule has 3 nitrogen and oxygen atoms in total. The molecule has 92 valence electrons. The fourth-order valence-electron chi connectivity index (χ4n) is 1.22. The van der Waals surface area contributed by atoms with Gasteiger partial charge in [-0.1, -0.05) is 12.8 Å². The maximum Gasteiger partial charge on any atom is 0.0994 e. The monoisotopic (exact) mass is 217 g/mol. The number of aliphatic hydroxyl groups is 1. The van der Waals surface area contributed by atoms with E-state index in [-0.39, 0.29) is 5.60 Å². The van der Waals surface area contributed by atoms with Crippen LogP contribution >= 0.6 is 0 Å². The number of unbranched alkanes of at least 4 members (excludes halogenated alkanes) is 3. The van der Waals surface area contributed by atoms with E-state index in [9.17, 15) is 0 Å². The lowest BCUT2D eigenvalue weighted by Gasteiger charge is -2.24. The number of ether oxygens (including phenoxy) is 1. The van der Waals surface area contributed by atoms with Gasteiger partial charge in [0, 0.05) is 6.61 Å². The Kier molecular flexibility index (Phi) is 8.02. The van der Waals surface area contributed by atoms with Gasteiger partial charge in [-0.25, -0.2) is 0 Å². The quantitative estimate of drug-likeness (QED) is 0.500. The van der Waals surface area contributed by atoms with E-state index in [4.69, 9.17) is 9.84 Å². The molecular formula is C12H27NO2. The molecule has 0 spiro atoms. The molecule has 1 N–H and O–H groups in total. The van der Waals surface area contributed by atoms with E-state index >= 15 is 0 Å². The molecule has 0 aromatic heterocycles. The van der Waals surface area contributed by atoms with Crippen molar-refractivity contribution in [3.8, 4) is 0 Å². The van der Waals surface area contributed by atoms with Crippen LogP contribution < -0.4 is 0 Å². The van der Waals surface area contributed by atoms with Crippen molar-refractivity contribution >= 4 is 0 Å². The number of hydrogen-bond donors (Lipinski definition) is 1. The van der Waals surface area contributed by atoms with Crippen molar-refractivity contribution in [1.29, 1.82) is 0 Å². The second-order valence-corrected chi connectivity index (χ2v) is 5.10. The molecule has 0 unspecified atom stereocenters. The molecule has 0 bridgehead atoms. The third kappa shape index (κ3) is 11.8. The Labute approximate surface area is 94.4 Å². The van der Waals surface area contributed by atoms with Crippen molar-refractivity contribution in [3.63, 3.8) is 0 Å². The molecule has 0 radical (unpaired) electrons. The van der Waals surface area contributed by atoms with E-state index in [1.165, 1.54) is 12.8 Å². The summed E-state index contributed by atoms with van der Waals surface area (Å²) in [7, 11) is 2.08. The van der Waals surface area contributed by atoms with E-state index in [2.05, 4.69) is 32.7 Å². The van der Waals surface area contributed by atoms with Gasteiger partial charge in [-0.15, -0.1) is 0 Å². The van der Waals surface area contributed by atoms with Crippen LogP contribution in [0, 0.1) is 0 Å². The highest BCUT2D eigenvalue weighted by molar-refractivity contribution is 4.58. The minimum absolute atomic E-state index is 0.0504. The summed E-state index contributed by atoms with van der Waals surface area (Å²) in [6.07, 6.45) is 4.44. The zero-order valence-corrected chi connectivity index (χ0v) is 10.8. The first-order chi connectivity index (χ1) is 6.95. The number of hydrogen-bond acceptors (Lipinski definition) is 3. The van der Waals surface area contributed by atoms with Crippen LogP contribution in [-0.2, 0) is 4.74 Å². The molecule has 15 heavy (non-hydrogen) atoms. The smallest absolute Gasteiger partial charge is 0.0994 e. The number of rotatable bonds is 8. The Hall–Kier alpha value is -0.120. The zero-order valence-electron chi connectivity index (χ0n) is 10.8. The summed E-state index contributed by atoms with van der Waals surface area (Å²) in [5, 5.41) is 8.62. The second-order valence-electron chi connectivity index (χ2n) is 5.10. The number of aliphatic hydroxyl groups excluding tert-OH is 1. The molecule has 0 aromatic rings. The van der Waals surface area contributed by atoms with Crippen LogP contribution in [0.25, 0.3) is 0 Å². The van der Waals surface area contributed by atoms with Crippen molar-refractivity contribution in [2.75, 3.05) is 26.9 Å². The van der Waals surface area contributed by atoms with Gasteiger partial charge in [0.1, 0.15) is 0 Å². The van der Waals surface area contributed by atoms with Crippen LogP contribution in [0.15, 0.2) is 0 Å². The standard InChI is InChI=1S/C12H27NO2/c1-12(2,3)15-11-13(4)9-7-5-6-8-10-14/h14H,5-11H2,1-4H3. The largest absolute Gasteiger partial charge is 0.396 e. The summed E-state index contributed by atoms with van der Waals surface area (Å²) in [6, 6.07) is 0. The highest BCUT2D eigenvalue weighted by atomic mass is 16.5. The van der Waals surface area contributed by atoms with E-state index in [1.807, 2.05) is 0 Å². The summed E-state index contributed by atoms with van der Waals surface area (Å²) >= 11 is 0. The molecular weight excluding hydrogens is 190 g/mol. The Bertz CT molecular complexity index is 143. The van der Waals surface area contributed by atoms with Crippen LogP contribution in [0.5, 0.6) is 0 Å². The Morgan fingerprint density at radius 3 is 2.20 bits per heavy atom. The van der Waals surface area contributed by atoms with Gasteiger partial charge in [-0.05, 0) is 47.2 Å². The van der Waals surface area contributed by atoms with E-state index in [0.717, 1.165) is 19.4 Å². The predicted octanol–water partition coefficient (Wildman–Crippen LogP) is 2.24. The van der Waals surface area contributed by atoms with Gasteiger partial charge in [-0.3, -0.25) is 4.90 Å². The first-order valence-electron chi connectivity index (χ1n) is 5.89. The van der Waals surface area contributed by atoms with Gasteiger partial charge in [0.05, 0.1) is 12.3 Å². The van der Waals surface area contributed by atoms with Crippen molar-refractivity contribution in [3.05, 3.63) is 0 Å². The van der Waals surface area contributed by atoms with Crippen molar-refractivity contribution < 1.29 is 9.84 Å². The Balaban J connectivity index is 3.30. The van der Waals surface area contributed by atoms with Crippen molar-refractivity contribution in [2.24, 2.45) is 0 Å². The molecule has 0 aromatic carbocycles. The first-order valence-corrected chi connectivity index (χ1v) is 5.89. The minimum Gasteiger partial charge on any atom is -0.396 e. The highest BCUT2D eigenvalue weighted by Gasteiger charge is 2.10. The summed E-state index contributed by atoms with van der Waals surface area (Å²) < 4.78 is 5.66. The molecule has 0 saturated carbocycles. The maximum atomic E-state index is 8.62. The molecule has 0 saturated heterocycles. The molecule has 0 amide bonds. The van der Waals surface area contributed by atoms with Crippen LogP contribution in [-0.4, -0.2) is 42.5 Å². The average molecular weight is 217 g/mol. The molecule has 0 aliphatic carbocycles. The van der Waals surface area contributed by atoms with Gasteiger partial charge in [0.15, 0.2) is 0 Å². The molecule has 0 aliphatic rings. The summed E-state index contributed by atoms with van der Waals surface area (Å²) in [5.74, 6) is 0. The summed E-state index contributed by atoms with van der Waals surface area (Å²) in [5.41, 5.74) is -0.0504. The van der Waals surface area contributed by atoms with Crippen LogP contribution in [0.4, 0.5) is 0 Å². The van der Waals surface area contributed by atoms with Crippen LogP contribution in [0.2, 0.25) is 0 Å². The lowest BCUT2D eigenvalue weighted by molar-refractivity contribution is -0.0560. The first kappa shape index (κ1) is 14.9. The average Bonchev–Trinajstić information content (AvgIpc) is 2.13. The number of nitrogens with zero attached hydrogens (tertiary/aromatic N) is 1. The molecule has 0 atom stereocenters. The van der Waals surface area contributed by atoms with Crippen molar-refractivity contribution in [1.82, 2.24) is 4.90 Å². The van der Waals surface area contributed by atoms with Crippen LogP contribution in [0.3, 0.4) is 0 Å². The molecule has 0 fully saturated rings. The van der Waals surface area contributed by atoms with E-state index in [0.29, 0.717) is 13.3 Å². The third-order valence-corrected chi connectivity index (χ3v) is 2.17. The molecule has 3 heteroatoms. The van der Waals surface area contributed by atoms with Gasteiger partial charge in [-0.2, -0.15) is 0 Å². The fraction of sp³-hybridized carbons (Fsp3) is 1.00. The molecule has 0 rings (SSSR count). The third-order valence-electron chi connectivity index (χ3n) is 2.17. The van der Waals surface area contributed by atoms with Gasteiger partial charge < -0.3 is 9.84 Å². The SMILES string of the molecule is CN(CCCCCCO)COC(C)(C)C. The predicted molar refractivity (Wildman–Crippen MR) is 63.9 cm³/mol. The maximum absolute atomic E-state index is 8.62. The Morgan fingerprint density at radius 1 is 1.07 bits per heavy atom. The normalized spacial score (nSPS) is 12.4.